The van der Waals surface area contributed by atoms with Crippen LogP contribution < -0.4 is 9.80 Å². The lowest BCUT2D eigenvalue weighted by Gasteiger charge is -2.45. The highest BCUT2D eigenvalue weighted by molar-refractivity contribution is 6.01. The van der Waals surface area contributed by atoms with Gasteiger partial charge in [-0.15, -0.1) is 0 Å². The largest absolute Gasteiger partial charge is 0.481 e. The molecule has 2 aliphatic heterocycles. The third-order valence-corrected chi connectivity index (χ3v) is 7.60. The molecule has 3 aliphatic rings. The third kappa shape index (κ3) is 4.41. The Morgan fingerprint density at radius 2 is 1.59 bits per heavy atom. The van der Waals surface area contributed by atoms with Gasteiger partial charge in [0.05, 0.1) is 12.5 Å². The minimum absolute atomic E-state index is 0.178. The zero-order chi connectivity index (χ0) is 25.5. The fourth-order valence-corrected chi connectivity index (χ4v) is 5.76. The van der Waals surface area contributed by atoms with Gasteiger partial charge in [-0.05, 0) is 72.9 Å². The maximum Gasteiger partial charge on any atom is 0.305 e. The summed E-state index contributed by atoms with van der Waals surface area (Å²) < 4.78 is 28.4. The number of hydrogen-bond donors (Lipinski definition) is 1. The molecule has 1 unspecified atom stereocenters. The maximum absolute atomic E-state index is 15.0. The van der Waals surface area contributed by atoms with E-state index in [1.807, 2.05) is 11.0 Å². The number of carbonyl (C=O) groups is 1. The zero-order valence-electron chi connectivity index (χ0n) is 20.4. The molecule has 0 radical (unpaired) electrons. The van der Waals surface area contributed by atoms with Gasteiger partial charge >= 0.3 is 5.97 Å². The first kappa shape index (κ1) is 23.5. The van der Waals surface area contributed by atoms with Crippen LogP contribution in [-0.4, -0.2) is 48.1 Å². The predicted octanol–water partition coefficient (Wildman–Crippen LogP) is 5.30. The first-order valence-corrected chi connectivity index (χ1v) is 12.7. The molecule has 0 spiro atoms. The number of aliphatic carboxylic acids is 1. The van der Waals surface area contributed by atoms with E-state index in [1.54, 1.807) is 24.3 Å². The fourth-order valence-electron chi connectivity index (χ4n) is 5.76. The first-order valence-electron chi connectivity index (χ1n) is 12.7. The number of guanidine groups is 1. The predicted molar refractivity (Wildman–Crippen MR) is 140 cm³/mol. The number of nitrogens with zero attached hydrogens (tertiary/aromatic N) is 4. The summed E-state index contributed by atoms with van der Waals surface area (Å²) in [6, 6.07) is 16.9. The van der Waals surface area contributed by atoms with Gasteiger partial charge in [0.15, 0.2) is 0 Å². The van der Waals surface area contributed by atoms with Crippen LogP contribution in [0, 0.1) is 11.6 Å². The molecule has 37 heavy (non-hydrogen) atoms. The maximum atomic E-state index is 15.0. The molecule has 0 amide bonds. The van der Waals surface area contributed by atoms with E-state index >= 15 is 4.39 Å². The highest BCUT2D eigenvalue weighted by Crippen LogP contribution is 2.42. The number of aliphatic imine (C=N–C) groups is 1. The van der Waals surface area contributed by atoms with Gasteiger partial charge in [0, 0.05) is 43.1 Å². The van der Waals surface area contributed by atoms with Crippen molar-refractivity contribution in [2.75, 3.05) is 36.0 Å². The van der Waals surface area contributed by atoms with Crippen LogP contribution in [0.1, 0.15) is 35.6 Å². The van der Waals surface area contributed by atoms with Gasteiger partial charge in [0.25, 0.3) is 0 Å². The van der Waals surface area contributed by atoms with Crippen LogP contribution in [0.2, 0.25) is 0 Å². The molecule has 8 heteroatoms. The number of halogens is 2. The van der Waals surface area contributed by atoms with Gasteiger partial charge in [-0.3, -0.25) is 4.79 Å². The molecule has 0 aromatic heterocycles. The lowest BCUT2D eigenvalue weighted by atomic mass is 9.96. The number of para-hydroxylation sites is 1. The van der Waals surface area contributed by atoms with Gasteiger partial charge in [-0.1, -0.05) is 18.2 Å². The van der Waals surface area contributed by atoms with E-state index in [2.05, 4.69) is 21.9 Å². The second-order valence-electron chi connectivity index (χ2n) is 9.83. The average molecular weight is 503 g/mol. The molecule has 1 aliphatic carbocycles. The van der Waals surface area contributed by atoms with Crippen LogP contribution in [0.15, 0.2) is 65.7 Å². The Labute approximate surface area is 214 Å². The van der Waals surface area contributed by atoms with Crippen LogP contribution in [0.5, 0.6) is 0 Å². The van der Waals surface area contributed by atoms with Crippen molar-refractivity contribution in [2.24, 2.45) is 4.99 Å². The van der Waals surface area contributed by atoms with Crippen molar-refractivity contribution in [1.82, 2.24) is 4.90 Å². The molecule has 1 atom stereocenters. The number of aryl methyl sites for hydroxylation is 2. The number of piperazine rings is 1. The van der Waals surface area contributed by atoms with Crippen molar-refractivity contribution in [1.29, 1.82) is 0 Å². The quantitative estimate of drug-likeness (QED) is 0.525. The van der Waals surface area contributed by atoms with Crippen molar-refractivity contribution in [2.45, 2.75) is 31.7 Å². The normalized spacial score (nSPS) is 18.9. The number of rotatable bonds is 4. The molecule has 1 N–H and O–H groups in total. The molecule has 190 valence electrons. The average Bonchev–Trinajstić information content (AvgIpc) is 3.37. The molecule has 2 heterocycles. The number of anilines is 2. The van der Waals surface area contributed by atoms with Crippen LogP contribution in [0.4, 0.5) is 25.8 Å². The summed E-state index contributed by atoms with van der Waals surface area (Å²) >= 11 is 0. The topological polar surface area (TPSA) is 59.4 Å². The molecular weight excluding hydrogens is 474 g/mol. The summed E-state index contributed by atoms with van der Waals surface area (Å²) in [6.07, 6.45) is 2.98. The Morgan fingerprint density at radius 1 is 0.892 bits per heavy atom. The number of fused-ring (bicyclic) bond motifs is 2. The van der Waals surface area contributed by atoms with Crippen LogP contribution in [0.3, 0.4) is 0 Å². The minimum Gasteiger partial charge on any atom is -0.481 e. The van der Waals surface area contributed by atoms with Gasteiger partial charge in [-0.25, -0.2) is 13.8 Å². The van der Waals surface area contributed by atoms with E-state index in [9.17, 15) is 14.3 Å². The van der Waals surface area contributed by atoms with Gasteiger partial charge < -0.3 is 19.8 Å². The lowest BCUT2D eigenvalue weighted by Crippen LogP contribution is -2.55. The molecule has 3 aromatic rings. The molecule has 0 saturated carbocycles. The van der Waals surface area contributed by atoms with Gasteiger partial charge in [0.1, 0.15) is 17.3 Å². The second-order valence-corrected chi connectivity index (χ2v) is 9.83. The highest BCUT2D eigenvalue weighted by atomic mass is 19.1. The zero-order valence-corrected chi connectivity index (χ0v) is 20.4. The van der Waals surface area contributed by atoms with E-state index in [4.69, 9.17) is 4.99 Å². The summed E-state index contributed by atoms with van der Waals surface area (Å²) in [6.45, 7) is 2.58. The standard InChI is InChI=1S/C29H28F2N4O2/c30-21-8-11-22(12-9-21)33-13-15-34(16-14-33)29-32-28-24(5-2-6-25(28)31)26(18-27(36)37)35(29)23-10-7-19-3-1-4-20(19)17-23/h2,5-12,17,26H,1,3-4,13-16,18H2,(H,36,37). The number of carboxylic acid groups (broad SMARTS) is 1. The van der Waals surface area contributed by atoms with Gasteiger partial charge in [0.2, 0.25) is 5.96 Å². The molecule has 6 rings (SSSR count). The van der Waals surface area contributed by atoms with E-state index in [0.717, 1.165) is 30.6 Å². The van der Waals surface area contributed by atoms with Crippen LogP contribution in [0.25, 0.3) is 0 Å². The van der Waals surface area contributed by atoms with Crippen molar-refractivity contribution < 1.29 is 18.7 Å². The summed E-state index contributed by atoms with van der Waals surface area (Å²) in [5.41, 5.74) is 5.22. The van der Waals surface area contributed by atoms with Crippen molar-refractivity contribution in [3.63, 3.8) is 0 Å². The summed E-state index contributed by atoms with van der Waals surface area (Å²) in [4.78, 5) is 23.1. The van der Waals surface area contributed by atoms with E-state index in [-0.39, 0.29) is 17.9 Å². The third-order valence-electron chi connectivity index (χ3n) is 7.60. The van der Waals surface area contributed by atoms with Crippen molar-refractivity contribution in [3.8, 4) is 0 Å². The Kier molecular flexibility index (Phi) is 6.02. The Balaban J connectivity index is 1.39. The van der Waals surface area contributed by atoms with Crippen LogP contribution >= 0.6 is 0 Å². The monoisotopic (exact) mass is 502 g/mol. The number of carboxylic acids is 1. The lowest BCUT2D eigenvalue weighted by molar-refractivity contribution is -0.137. The van der Waals surface area contributed by atoms with E-state index < -0.39 is 17.8 Å². The smallest absolute Gasteiger partial charge is 0.305 e. The molecule has 1 fully saturated rings. The first-order chi connectivity index (χ1) is 18.0. The summed E-state index contributed by atoms with van der Waals surface area (Å²) in [7, 11) is 0. The SMILES string of the molecule is O=C(O)CC1c2cccc(F)c2N=C(N2CCN(c3ccc(F)cc3)CC2)N1c1ccc2c(c1)CCC2. The highest BCUT2D eigenvalue weighted by Gasteiger charge is 2.37. The molecule has 1 saturated heterocycles. The van der Waals surface area contributed by atoms with Crippen LogP contribution in [-0.2, 0) is 17.6 Å². The molecular formula is C29H28F2N4O2. The molecule has 3 aromatic carbocycles. The van der Waals surface area contributed by atoms with Crippen molar-refractivity contribution >= 4 is 29.0 Å². The Hall–Kier alpha value is -3.94. The Bertz CT molecular complexity index is 1370. The molecule has 6 nitrogen and oxygen atoms in total. The Morgan fingerprint density at radius 3 is 2.35 bits per heavy atom. The van der Waals surface area contributed by atoms with Gasteiger partial charge in [-0.2, -0.15) is 0 Å². The fraction of sp³-hybridized carbons (Fsp3) is 0.310. The minimum atomic E-state index is -0.950. The number of benzene rings is 3. The summed E-state index contributed by atoms with van der Waals surface area (Å²) in [5.74, 6) is -1.10. The van der Waals surface area contributed by atoms with E-state index in [0.29, 0.717) is 37.7 Å². The molecule has 0 bridgehead atoms. The van der Waals surface area contributed by atoms with Crippen molar-refractivity contribution in [3.05, 3.63) is 89.0 Å². The summed E-state index contributed by atoms with van der Waals surface area (Å²) in [5, 5.41) is 9.85. The number of hydrogen-bond acceptors (Lipinski definition) is 5. The van der Waals surface area contributed by atoms with E-state index in [1.165, 1.54) is 29.3 Å². The second kappa shape index (κ2) is 9.50.